The van der Waals surface area contributed by atoms with Crippen LogP contribution in [0.1, 0.15) is 52.5 Å². The highest BCUT2D eigenvalue weighted by molar-refractivity contribution is 6.35. The number of guanidine groups is 1. The molecule has 1 N–H and O–H groups in total. The SMILES string of the molecule is C[C@H]1[C@@H](NC(=Nc2ccc3c(=O)n(CCc4ccc(Cl)cc4Cl)cnc3c2)N2CC[C@H](C)[C@H]2COC(=O)C(F)(F)F)C[C@H]2C[C@H]1C2(C)C. The second kappa shape index (κ2) is 13.2. The molecule has 8 nitrogen and oxygen atoms in total. The molecule has 0 radical (unpaired) electrons. The Hall–Kier alpha value is -3.31. The fourth-order valence-corrected chi connectivity index (χ4v) is 8.42. The van der Waals surface area contributed by atoms with Gasteiger partial charge in [0.05, 0.1) is 29.0 Å². The molecule has 4 aliphatic rings. The number of carbonyl (C=O) groups excluding carboxylic acids is 1. The molecule has 3 aromatic rings. The van der Waals surface area contributed by atoms with Crippen LogP contribution >= 0.6 is 23.2 Å². The molecule has 1 aliphatic heterocycles. The molecule has 13 heteroatoms. The zero-order chi connectivity index (χ0) is 34.5. The predicted molar refractivity (Wildman–Crippen MR) is 181 cm³/mol. The minimum atomic E-state index is -5.06. The van der Waals surface area contributed by atoms with E-state index in [2.05, 4.69) is 31.1 Å². The summed E-state index contributed by atoms with van der Waals surface area (Å²) >= 11 is 12.3. The van der Waals surface area contributed by atoms with Crippen LogP contribution in [0.15, 0.2) is 52.5 Å². The molecule has 0 spiro atoms. The van der Waals surface area contributed by atoms with Gasteiger partial charge < -0.3 is 15.0 Å². The maximum Gasteiger partial charge on any atom is 0.490 e. The Morgan fingerprint density at radius 2 is 1.92 bits per heavy atom. The van der Waals surface area contributed by atoms with E-state index in [-0.39, 0.29) is 22.9 Å². The lowest BCUT2D eigenvalue weighted by Crippen LogP contribution is -2.62. The van der Waals surface area contributed by atoms with E-state index in [1.54, 1.807) is 34.9 Å². The maximum absolute atomic E-state index is 13.4. The largest absolute Gasteiger partial charge is 0.490 e. The number of benzene rings is 2. The monoisotopic (exact) mass is 705 g/mol. The van der Waals surface area contributed by atoms with E-state index >= 15 is 0 Å². The molecular weight excluding hydrogens is 666 g/mol. The Bertz CT molecular complexity index is 1800. The summed E-state index contributed by atoms with van der Waals surface area (Å²) < 4.78 is 45.2. The van der Waals surface area contributed by atoms with E-state index in [0.29, 0.717) is 76.3 Å². The highest BCUT2D eigenvalue weighted by atomic mass is 35.5. The number of hydrogen-bond acceptors (Lipinski definition) is 5. The highest BCUT2D eigenvalue weighted by Crippen LogP contribution is 2.61. The first-order valence-corrected chi connectivity index (χ1v) is 17.2. The smallest absolute Gasteiger partial charge is 0.457 e. The van der Waals surface area contributed by atoms with Crippen molar-refractivity contribution in [3.63, 3.8) is 0 Å². The lowest BCUT2D eigenvalue weighted by molar-refractivity contribution is -0.200. The summed E-state index contributed by atoms with van der Waals surface area (Å²) in [5.41, 5.74) is 1.96. The lowest BCUT2D eigenvalue weighted by Gasteiger charge is -2.62. The van der Waals surface area contributed by atoms with Crippen molar-refractivity contribution in [1.29, 1.82) is 0 Å². The molecule has 2 aromatic carbocycles. The van der Waals surface area contributed by atoms with Gasteiger partial charge in [0, 0.05) is 29.2 Å². The van der Waals surface area contributed by atoms with Crippen molar-refractivity contribution in [2.45, 2.75) is 78.2 Å². The van der Waals surface area contributed by atoms with Crippen LogP contribution in [-0.4, -0.2) is 57.8 Å². The number of likely N-dealkylation sites (tertiary alicyclic amines) is 1. The zero-order valence-corrected chi connectivity index (χ0v) is 28.9. The van der Waals surface area contributed by atoms with Gasteiger partial charge >= 0.3 is 12.1 Å². The summed E-state index contributed by atoms with van der Waals surface area (Å²) in [6, 6.07) is 10.1. The number of nitrogens with one attached hydrogen (secondary N) is 1. The Labute approximate surface area is 287 Å². The molecule has 1 saturated heterocycles. The van der Waals surface area contributed by atoms with Crippen molar-refractivity contribution in [2.75, 3.05) is 13.2 Å². The summed E-state index contributed by atoms with van der Waals surface area (Å²) in [6.45, 7) is 9.35. The average molecular weight is 707 g/mol. The molecule has 7 rings (SSSR count). The summed E-state index contributed by atoms with van der Waals surface area (Å²) in [7, 11) is 0. The van der Waals surface area contributed by atoms with Gasteiger partial charge in [-0.15, -0.1) is 0 Å². The van der Waals surface area contributed by atoms with Crippen molar-refractivity contribution in [2.24, 2.45) is 34.1 Å². The third-order valence-corrected chi connectivity index (χ3v) is 11.7. The van der Waals surface area contributed by atoms with Crippen LogP contribution in [0.3, 0.4) is 0 Å². The standard InChI is InChI=1S/C35H40Cl2F3N5O3/c1-19-9-12-45(30(19)17-48-32(47)35(38,39)40)33(43-28-14-22-13-26(20(28)2)34(22,3)4)42-24-7-8-25-29(16-24)41-18-44(31(25)46)11-10-21-5-6-23(36)15-27(21)37/h5-8,15-16,18-20,22,26,28,30H,9-14,17H2,1-4H3,(H,42,43)/t19-,20+,22+,26+,28-,30+/m0/s1. The van der Waals surface area contributed by atoms with Gasteiger partial charge in [0.25, 0.3) is 5.56 Å². The molecule has 1 aromatic heterocycles. The van der Waals surface area contributed by atoms with E-state index < -0.39 is 24.8 Å². The summed E-state index contributed by atoms with van der Waals surface area (Å²) in [6.07, 6.45) is -0.184. The van der Waals surface area contributed by atoms with Crippen LogP contribution in [0.4, 0.5) is 18.9 Å². The molecule has 3 aliphatic carbocycles. The third-order valence-electron chi connectivity index (χ3n) is 11.1. The van der Waals surface area contributed by atoms with Crippen molar-refractivity contribution >= 4 is 51.7 Å². The number of ether oxygens (including phenoxy) is 1. The molecule has 6 atom stereocenters. The molecule has 0 unspecified atom stereocenters. The number of hydrogen-bond donors (Lipinski definition) is 1. The highest BCUT2D eigenvalue weighted by Gasteiger charge is 2.56. The van der Waals surface area contributed by atoms with Crippen LogP contribution in [0.2, 0.25) is 10.0 Å². The second-order valence-electron chi connectivity index (χ2n) is 14.2. The van der Waals surface area contributed by atoms with E-state index in [9.17, 15) is 22.8 Å². The van der Waals surface area contributed by atoms with Gasteiger partial charge in [-0.25, -0.2) is 14.8 Å². The summed E-state index contributed by atoms with van der Waals surface area (Å²) in [4.78, 5) is 36.5. The minimum absolute atomic E-state index is 0.0337. The van der Waals surface area contributed by atoms with Gasteiger partial charge in [-0.2, -0.15) is 13.2 Å². The number of rotatable bonds is 7. The van der Waals surface area contributed by atoms with Crippen LogP contribution in [0, 0.1) is 29.1 Å². The maximum atomic E-state index is 13.4. The Kier molecular flexibility index (Phi) is 9.50. The van der Waals surface area contributed by atoms with Gasteiger partial charge in [0.2, 0.25) is 0 Å². The molecule has 3 saturated carbocycles. The number of aryl methyl sites for hydroxylation is 2. The quantitative estimate of drug-likeness (QED) is 0.157. The Morgan fingerprint density at radius 1 is 1.15 bits per heavy atom. The molecule has 258 valence electrons. The number of carbonyl (C=O) groups is 1. The van der Waals surface area contributed by atoms with Crippen molar-refractivity contribution in [3.8, 4) is 0 Å². The van der Waals surface area contributed by atoms with Gasteiger partial charge in [0.15, 0.2) is 5.96 Å². The zero-order valence-electron chi connectivity index (χ0n) is 27.4. The first kappa shape index (κ1) is 34.5. The second-order valence-corrected chi connectivity index (χ2v) is 15.0. The minimum Gasteiger partial charge on any atom is -0.457 e. The number of esters is 1. The first-order chi connectivity index (χ1) is 22.6. The number of halogens is 5. The fourth-order valence-electron chi connectivity index (χ4n) is 7.92. The van der Waals surface area contributed by atoms with Gasteiger partial charge in [0.1, 0.15) is 6.61 Å². The van der Waals surface area contributed by atoms with Gasteiger partial charge in [-0.1, -0.05) is 57.0 Å². The average Bonchev–Trinajstić information content (AvgIpc) is 3.39. The fraction of sp³-hybridized carbons (Fsp3) is 0.543. The summed E-state index contributed by atoms with van der Waals surface area (Å²) in [5, 5.41) is 5.19. The van der Waals surface area contributed by atoms with Gasteiger partial charge in [-0.05, 0) is 90.7 Å². The molecule has 2 heterocycles. The van der Waals surface area contributed by atoms with Crippen LogP contribution in [-0.2, 0) is 22.5 Å². The number of nitrogens with zero attached hydrogens (tertiary/aromatic N) is 4. The molecule has 4 fully saturated rings. The number of aromatic nitrogens is 2. The normalized spacial score (nSPS) is 26.8. The predicted octanol–water partition coefficient (Wildman–Crippen LogP) is 7.41. The molecular formula is C35H40Cl2F3N5O3. The topological polar surface area (TPSA) is 88.8 Å². The number of alkyl halides is 3. The van der Waals surface area contributed by atoms with E-state index in [1.165, 1.54) is 12.7 Å². The molecule has 48 heavy (non-hydrogen) atoms. The van der Waals surface area contributed by atoms with Crippen LogP contribution in [0.25, 0.3) is 10.9 Å². The lowest BCUT2D eigenvalue weighted by atomic mass is 9.45. The number of fused-ring (bicyclic) bond motifs is 3. The molecule has 0 amide bonds. The first-order valence-electron chi connectivity index (χ1n) is 16.4. The van der Waals surface area contributed by atoms with Crippen molar-refractivity contribution < 1.29 is 22.7 Å². The Balaban J connectivity index is 1.28. The van der Waals surface area contributed by atoms with Gasteiger partial charge in [-0.3, -0.25) is 9.36 Å². The van der Waals surface area contributed by atoms with Crippen LogP contribution in [0.5, 0.6) is 0 Å². The van der Waals surface area contributed by atoms with E-state index in [0.717, 1.165) is 12.0 Å². The number of aliphatic imine (C=N–C) groups is 1. The van der Waals surface area contributed by atoms with Crippen LogP contribution < -0.4 is 10.9 Å². The van der Waals surface area contributed by atoms with Crippen molar-refractivity contribution in [1.82, 2.24) is 19.8 Å². The molecule has 2 bridgehead atoms. The Morgan fingerprint density at radius 3 is 2.60 bits per heavy atom. The van der Waals surface area contributed by atoms with Crippen molar-refractivity contribution in [3.05, 3.63) is 68.7 Å². The van der Waals surface area contributed by atoms with E-state index in [4.69, 9.17) is 32.9 Å². The summed E-state index contributed by atoms with van der Waals surface area (Å²) in [5.74, 6) is -0.223. The third kappa shape index (κ3) is 6.77. The van der Waals surface area contributed by atoms with E-state index in [1.807, 2.05) is 17.9 Å².